The molecule has 2 aromatic carbocycles. The molecule has 164 valence electrons. The third-order valence-electron chi connectivity index (χ3n) is 6.07. The lowest BCUT2D eigenvalue weighted by atomic mass is 9.88. The standard InChI is InChI=1S/C24H29N3O3S/c1-17-8-10-19(11-9-17)23-16-22(18-12-14-21(15-13-18)26-31(2,29)30)25-27(23)24(28)20-6-4-3-5-7-20/h8-15,20,23,26H,3-7,16H2,1-2H3. The van der Waals surface area contributed by atoms with Crippen LogP contribution in [0.4, 0.5) is 5.69 Å². The fourth-order valence-electron chi connectivity index (χ4n) is 4.42. The van der Waals surface area contributed by atoms with E-state index in [9.17, 15) is 13.2 Å². The summed E-state index contributed by atoms with van der Waals surface area (Å²) in [5, 5.41) is 6.49. The predicted octanol–water partition coefficient (Wildman–Crippen LogP) is 4.62. The van der Waals surface area contributed by atoms with E-state index in [0.29, 0.717) is 12.1 Å². The molecule has 0 aromatic heterocycles. The molecule has 1 atom stereocenters. The minimum absolute atomic E-state index is 0.0473. The number of hydrazone groups is 1. The number of sulfonamides is 1. The second-order valence-electron chi connectivity index (χ2n) is 8.65. The van der Waals surface area contributed by atoms with Gasteiger partial charge in [-0.3, -0.25) is 9.52 Å². The highest BCUT2D eigenvalue weighted by Crippen LogP contribution is 2.36. The van der Waals surface area contributed by atoms with Gasteiger partial charge < -0.3 is 0 Å². The van der Waals surface area contributed by atoms with Crippen LogP contribution in [0, 0.1) is 12.8 Å². The normalized spacial score (nSPS) is 19.9. The summed E-state index contributed by atoms with van der Waals surface area (Å²) in [6.45, 7) is 2.05. The lowest BCUT2D eigenvalue weighted by Crippen LogP contribution is -2.33. The molecule has 6 nitrogen and oxygen atoms in total. The molecule has 1 saturated carbocycles. The second-order valence-corrected chi connectivity index (χ2v) is 10.4. The average Bonchev–Trinajstić information content (AvgIpc) is 3.19. The summed E-state index contributed by atoms with van der Waals surface area (Å²) < 4.78 is 25.4. The number of benzene rings is 2. The van der Waals surface area contributed by atoms with Crippen molar-refractivity contribution >= 4 is 27.3 Å². The number of carbonyl (C=O) groups excluding carboxylic acids is 1. The van der Waals surface area contributed by atoms with Crippen LogP contribution in [0.15, 0.2) is 53.6 Å². The lowest BCUT2D eigenvalue weighted by Gasteiger charge is -2.28. The Morgan fingerprint density at radius 2 is 1.65 bits per heavy atom. The number of aryl methyl sites for hydroxylation is 1. The van der Waals surface area contributed by atoms with Crippen LogP contribution in [0.2, 0.25) is 0 Å². The molecule has 31 heavy (non-hydrogen) atoms. The first-order chi connectivity index (χ1) is 14.8. The van der Waals surface area contributed by atoms with Crippen molar-refractivity contribution in [2.75, 3.05) is 11.0 Å². The highest BCUT2D eigenvalue weighted by atomic mass is 32.2. The van der Waals surface area contributed by atoms with Crippen LogP contribution < -0.4 is 4.72 Å². The van der Waals surface area contributed by atoms with Crippen molar-refractivity contribution in [3.63, 3.8) is 0 Å². The summed E-state index contributed by atoms with van der Waals surface area (Å²) in [5.74, 6) is 0.168. The summed E-state index contributed by atoms with van der Waals surface area (Å²) in [6.07, 6.45) is 7.05. The highest BCUT2D eigenvalue weighted by molar-refractivity contribution is 7.92. The van der Waals surface area contributed by atoms with Gasteiger partial charge in [-0.25, -0.2) is 13.4 Å². The van der Waals surface area contributed by atoms with Gasteiger partial charge in [0.05, 0.1) is 18.0 Å². The molecule has 0 bridgehead atoms. The molecule has 2 aromatic rings. The number of amides is 1. The third-order valence-corrected chi connectivity index (χ3v) is 6.68. The number of carbonyl (C=O) groups is 1. The molecule has 1 heterocycles. The topological polar surface area (TPSA) is 78.8 Å². The van der Waals surface area contributed by atoms with Crippen molar-refractivity contribution in [2.24, 2.45) is 11.0 Å². The number of hydrogen-bond donors (Lipinski definition) is 1. The van der Waals surface area contributed by atoms with Gasteiger partial charge in [-0.2, -0.15) is 5.10 Å². The van der Waals surface area contributed by atoms with E-state index in [4.69, 9.17) is 5.10 Å². The Morgan fingerprint density at radius 3 is 2.26 bits per heavy atom. The van der Waals surface area contributed by atoms with E-state index in [0.717, 1.165) is 48.8 Å². The van der Waals surface area contributed by atoms with Gasteiger partial charge in [0.1, 0.15) is 0 Å². The highest BCUT2D eigenvalue weighted by Gasteiger charge is 2.36. The molecular weight excluding hydrogens is 410 g/mol. The van der Waals surface area contributed by atoms with Crippen LogP contribution in [0.25, 0.3) is 0 Å². The summed E-state index contributed by atoms with van der Waals surface area (Å²) in [6, 6.07) is 15.4. The van der Waals surface area contributed by atoms with Gasteiger partial charge in [-0.05, 0) is 43.0 Å². The fraction of sp³-hybridized carbons (Fsp3) is 0.417. The SMILES string of the molecule is Cc1ccc(C2CC(c3ccc(NS(C)(=O)=O)cc3)=NN2C(=O)C2CCCCC2)cc1. The number of nitrogens with zero attached hydrogens (tertiary/aromatic N) is 2. The maximum Gasteiger partial charge on any atom is 0.246 e. The molecule has 1 aliphatic heterocycles. The summed E-state index contributed by atoms with van der Waals surface area (Å²) in [7, 11) is -3.32. The quantitative estimate of drug-likeness (QED) is 0.738. The van der Waals surface area contributed by atoms with Crippen LogP contribution >= 0.6 is 0 Å². The summed E-state index contributed by atoms with van der Waals surface area (Å²) >= 11 is 0. The van der Waals surface area contributed by atoms with Gasteiger partial charge >= 0.3 is 0 Å². The van der Waals surface area contributed by atoms with Crippen LogP contribution in [-0.4, -0.2) is 31.3 Å². The van der Waals surface area contributed by atoms with E-state index in [1.54, 1.807) is 17.1 Å². The minimum atomic E-state index is -3.32. The summed E-state index contributed by atoms with van der Waals surface area (Å²) in [5.41, 5.74) is 4.52. The molecule has 0 spiro atoms. The van der Waals surface area contributed by atoms with Crippen LogP contribution in [-0.2, 0) is 14.8 Å². The van der Waals surface area contributed by atoms with Crippen LogP contribution in [0.3, 0.4) is 0 Å². The summed E-state index contributed by atoms with van der Waals surface area (Å²) in [4.78, 5) is 13.4. The maximum atomic E-state index is 13.4. The Bertz CT molecular complexity index is 1070. The number of nitrogens with one attached hydrogen (secondary N) is 1. The molecule has 1 unspecified atom stereocenters. The van der Waals surface area contributed by atoms with Crippen LogP contribution in [0.5, 0.6) is 0 Å². The van der Waals surface area contributed by atoms with Crippen molar-refractivity contribution in [2.45, 2.75) is 51.5 Å². The fourth-order valence-corrected chi connectivity index (χ4v) is 4.98. The second kappa shape index (κ2) is 8.83. The molecule has 4 rings (SSSR count). The van der Waals surface area contributed by atoms with E-state index in [2.05, 4.69) is 35.9 Å². The van der Waals surface area contributed by atoms with Crippen LogP contribution in [0.1, 0.15) is 61.3 Å². The zero-order valence-electron chi connectivity index (χ0n) is 18.0. The van der Waals surface area contributed by atoms with Crippen molar-refractivity contribution < 1.29 is 13.2 Å². The number of hydrogen-bond acceptors (Lipinski definition) is 4. The average molecular weight is 440 g/mol. The molecule has 1 N–H and O–H groups in total. The smallest absolute Gasteiger partial charge is 0.246 e. The number of anilines is 1. The molecule has 1 amide bonds. The van der Waals surface area contributed by atoms with Crippen molar-refractivity contribution in [3.05, 3.63) is 65.2 Å². The van der Waals surface area contributed by atoms with Gasteiger partial charge in [0.25, 0.3) is 0 Å². The first-order valence-electron chi connectivity index (χ1n) is 10.9. The molecule has 7 heteroatoms. The van der Waals surface area contributed by atoms with E-state index >= 15 is 0 Å². The van der Waals surface area contributed by atoms with Gasteiger partial charge in [0, 0.05) is 18.0 Å². The Labute approximate surface area is 184 Å². The van der Waals surface area contributed by atoms with E-state index < -0.39 is 10.0 Å². The minimum Gasteiger partial charge on any atom is -0.284 e. The molecule has 0 radical (unpaired) electrons. The number of rotatable bonds is 5. The predicted molar refractivity (Wildman–Crippen MR) is 123 cm³/mol. The van der Waals surface area contributed by atoms with Crippen molar-refractivity contribution in [3.8, 4) is 0 Å². The Morgan fingerprint density at radius 1 is 1.00 bits per heavy atom. The Balaban J connectivity index is 1.62. The zero-order chi connectivity index (χ0) is 22.0. The Hall–Kier alpha value is -2.67. The molecule has 1 fully saturated rings. The monoisotopic (exact) mass is 439 g/mol. The van der Waals surface area contributed by atoms with E-state index in [1.165, 1.54) is 12.0 Å². The molecule has 2 aliphatic rings. The van der Waals surface area contributed by atoms with E-state index in [-0.39, 0.29) is 17.9 Å². The first kappa shape index (κ1) is 21.6. The van der Waals surface area contributed by atoms with Gasteiger partial charge in [0.2, 0.25) is 15.9 Å². The third kappa shape index (κ3) is 5.15. The largest absolute Gasteiger partial charge is 0.284 e. The van der Waals surface area contributed by atoms with Crippen molar-refractivity contribution in [1.82, 2.24) is 5.01 Å². The van der Waals surface area contributed by atoms with Crippen molar-refractivity contribution in [1.29, 1.82) is 0 Å². The molecule has 1 aliphatic carbocycles. The van der Waals surface area contributed by atoms with Gasteiger partial charge in [-0.15, -0.1) is 0 Å². The van der Waals surface area contributed by atoms with Gasteiger partial charge in [-0.1, -0.05) is 61.2 Å². The molecule has 0 saturated heterocycles. The Kier molecular flexibility index (Phi) is 6.14. The molecular formula is C24H29N3O3S. The lowest BCUT2D eigenvalue weighted by molar-refractivity contribution is -0.138. The maximum absolute atomic E-state index is 13.4. The first-order valence-corrected chi connectivity index (χ1v) is 12.7. The van der Waals surface area contributed by atoms with E-state index in [1.807, 2.05) is 12.1 Å². The zero-order valence-corrected chi connectivity index (χ0v) is 18.9. The van der Waals surface area contributed by atoms with Gasteiger partial charge in [0.15, 0.2) is 0 Å².